The van der Waals surface area contributed by atoms with Gasteiger partial charge in [-0.2, -0.15) is 0 Å². The predicted octanol–water partition coefficient (Wildman–Crippen LogP) is 1.83. The van der Waals surface area contributed by atoms with Gasteiger partial charge in [0.1, 0.15) is 0 Å². The van der Waals surface area contributed by atoms with E-state index < -0.39 is 16.0 Å². The van der Waals surface area contributed by atoms with Crippen molar-refractivity contribution in [1.82, 2.24) is 4.72 Å². The SMILES string of the molecule is CC(CO)CCCNS(=O)(=O)c1ccc(C(=O)O)cc1Br. The first kappa shape index (κ1) is 18.1. The molecule has 6 nitrogen and oxygen atoms in total. The highest BCUT2D eigenvalue weighted by Gasteiger charge is 2.18. The molecule has 3 N–H and O–H groups in total. The van der Waals surface area contributed by atoms with Crippen molar-refractivity contribution in [2.24, 2.45) is 5.92 Å². The van der Waals surface area contributed by atoms with E-state index in [9.17, 15) is 13.2 Å². The number of rotatable bonds is 8. The molecule has 0 fully saturated rings. The van der Waals surface area contributed by atoms with Crippen LogP contribution in [0.1, 0.15) is 30.1 Å². The predicted molar refractivity (Wildman–Crippen MR) is 81.8 cm³/mol. The molecule has 0 spiro atoms. The van der Waals surface area contributed by atoms with Gasteiger partial charge in [-0.05, 0) is 52.9 Å². The maximum absolute atomic E-state index is 12.1. The van der Waals surface area contributed by atoms with Crippen molar-refractivity contribution in [3.8, 4) is 0 Å². The molecule has 8 heteroatoms. The van der Waals surface area contributed by atoms with Gasteiger partial charge in [-0.1, -0.05) is 6.92 Å². The molecule has 1 aromatic rings. The van der Waals surface area contributed by atoms with E-state index in [1.807, 2.05) is 6.92 Å². The van der Waals surface area contributed by atoms with Crippen molar-refractivity contribution >= 4 is 31.9 Å². The molecule has 0 saturated heterocycles. The summed E-state index contributed by atoms with van der Waals surface area (Å²) < 4.78 is 26.9. The fraction of sp³-hybridized carbons (Fsp3) is 0.462. The zero-order valence-electron chi connectivity index (χ0n) is 11.5. The number of benzene rings is 1. The highest BCUT2D eigenvalue weighted by molar-refractivity contribution is 9.10. The Balaban J connectivity index is 2.72. The molecular weight excluding hydrogens is 362 g/mol. The van der Waals surface area contributed by atoms with Crippen LogP contribution in [0.5, 0.6) is 0 Å². The Morgan fingerprint density at radius 2 is 2.10 bits per heavy atom. The monoisotopic (exact) mass is 379 g/mol. The van der Waals surface area contributed by atoms with Gasteiger partial charge in [-0.3, -0.25) is 0 Å². The van der Waals surface area contributed by atoms with E-state index in [0.717, 1.165) is 6.42 Å². The molecule has 1 rings (SSSR count). The topological polar surface area (TPSA) is 104 Å². The van der Waals surface area contributed by atoms with Gasteiger partial charge < -0.3 is 10.2 Å². The van der Waals surface area contributed by atoms with Crippen LogP contribution in [-0.2, 0) is 10.0 Å². The lowest BCUT2D eigenvalue weighted by atomic mass is 10.1. The molecule has 0 radical (unpaired) electrons. The van der Waals surface area contributed by atoms with E-state index in [4.69, 9.17) is 10.2 Å². The van der Waals surface area contributed by atoms with Crippen LogP contribution in [0.3, 0.4) is 0 Å². The van der Waals surface area contributed by atoms with Crippen molar-refractivity contribution in [2.75, 3.05) is 13.2 Å². The van der Waals surface area contributed by atoms with Crippen molar-refractivity contribution in [1.29, 1.82) is 0 Å². The quantitative estimate of drug-likeness (QED) is 0.597. The minimum atomic E-state index is -3.69. The lowest BCUT2D eigenvalue weighted by Gasteiger charge is -2.10. The third kappa shape index (κ3) is 5.39. The minimum absolute atomic E-state index is 0.00251. The molecule has 0 bridgehead atoms. The van der Waals surface area contributed by atoms with Gasteiger partial charge in [-0.15, -0.1) is 0 Å². The highest BCUT2D eigenvalue weighted by Crippen LogP contribution is 2.23. The number of halogens is 1. The van der Waals surface area contributed by atoms with E-state index in [-0.39, 0.29) is 34.0 Å². The third-order valence-corrected chi connectivity index (χ3v) is 5.38. The van der Waals surface area contributed by atoms with Crippen LogP contribution >= 0.6 is 15.9 Å². The summed E-state index contributed by atoms with van der Waals surface area (Å²) in [4.78, 5) is 10.8. The van der Waals surface area contributed by atoms with E-state index in [1.54, 1.807) is 0 Å². The highest BCUT2D eigenvalue weighted by atomic mass is 79.9. The number of sulfonamides is 1. The molecule has 1 unspecified atom stereocenters. The average Bonchev–Trinajstić information content (AvgIpc) is 2.42. The van der Waals surface area contributed by atoms with Crippen molar-refractivity contribution in [2.45, 2.75) is 24.7 Å². The fourth-order valence-corrected chi connectivity index (χ4v) is 3.83. The Bertz CT molecular complexity index is 603. The van der Waals surface area contributed by atoms with E-state index in [1.165, 1.54) is 18.2 Å². The van der Waals surface area contributed by atoms with Crippen LogP contribution in [0.2, 0.25) is 0 Å². The largest absolute Gasteiger partial charge is 0.478 e. The molecule has 1 aromatic carbocycles. The molecule has 118 valence electrons. The van der Waals surface area contributed by atoms with Gasteiger partial charge in [-0.25, -0.2) is 17.9 Å². The summed E-state index contributed by atoms with van der Waals surface area (Å²) in [6.07, 6.45) is 1.34. The number of hydrogen-bond acceptors (Lipinski definition) is 4. The maximum atomic E-state index is 12.1. The number of hydrogen-bond donors (Lipinski definition) is 3. The van der Waals surface area contributed by atoms with Crippen LogP contribution in [0.25, 0.3) is 0 Å². The Kier molecular flexibility index (Phi) is 6.79. The normalized spacial score (nSPS) is 13.1. The lowest BCUT2D eigenvalue weighted by Crippen LogP contribution is -2.25. The number of nitrogens with one attached hydrogen (secondary N) is 1. The Morgan fingerprint density at radius 3 is 2.62 bits per heavy atom. The summed E-state index contributed by atoms with van der Waals surface area (Å²) in [7, 11) is -3.69. The number of carbonyl (C=O) groups is 1. The summed E-state index contributed by atoms with van der Waals surface area (Å²) in [5.74, 6) is -0.985. The molecule has 0 heterocycles. The minimum Gasteiger partial charge on any atom is -0.478 e. The fourth-order valence-electron chi connectivity index (χ4n) is 1.68. The standard InChI is InChI=1S/C13H18BrNO5S/c1-9(8-16)3-2-6-15-21(19,20)12-5-4-10(13(17)18)7-11(12)14/h4-5,7,9,15-16H,2-3,6,8H2,1H3,(H,17,18). The summed E-state index contributed by atoms with van der Waals surface area (Å²) in [6.45, 7) is 2.23. The molecular formula is C13H18BrNO5S. The molecule has 0 aliphatic heterocycles. The Labute approximate surface area is 132 Å². The zero-order valence-corrected chi connectivity index (χ0v) is 13.9. The summed E-state index contributed by atoms with van der Waals surface area (Å²) in [6, 6.07) is 3.76. The van der Waals surface area contributed by atoms with Crippen LogP contribution in [0, 0.1) is 5.92 Å². The molecule has 0 aliphatic carbocycles. The second-order valence-electron chi connectivity index (χ2n) is 4.78. The third-order valence-electron chi connectivity index (χ3n) is 2.95. The second kappa shape index (κ2) is 7.88. The van der Waals surface area contributed by atoms with Crippen molar-refractivity contribution in [3.63, 3.8) is 0 Å². The lowest BCUT2D eigenvalue weighted by molar-refractivity contribution is 0.0696. The van der Waals surface area contributed by atoms with Gasteiger partial charge in [0, 0.05) is 17.6 Å². The zero-order chi connectivity index (χ0) is 16.0. The van der Waals surface area contributed by atoms with E-state index in [0.29, 0.717) is 6.42 Å². The Morgan fingerprint density at radius 1 is 1.43 bits per heavy atom. The van der Waals surface area contributed by atoms with Crippen molar-refractivity contribution in [3.05, 3.63) is 28.2 Å². The first-order valence-corrected chi connectivity index (χ1v) is 8.69. The summed E-state index contributed by atoms with van der Waals surface area (Å²) in [5, 5.41) is 17.7. The first-order valence-electron chi connectivity index (χ1n) is 6.41. The number of carboxylic acid groups (broad SMARTS) is 1. The number of carboxylic acids is 1. The number of aliphatic hydroxyl groups is 1. The second-order valence-corrected chi connectivity index (χ2v) is 7.37. The summed E-state index contributed by atoms with van der Waals surface area (Å²) in [5.41, 5.74) is 0.0117. The van der Waals surface area contributed by atoms with Crippen LogP contribution < -0.4 is 4.72 Å². The van der Waals surface area contributed by atoms with Gasteiger partial charge in [0.2, 0.25) is 10.0 Å². The van der Waals surface area contributed by atoms with Gasteiger partial charge in [0.15, 0.2) is 0 Å². The molecule has 0 aromatic heterocycles. The molecule has 0 aliphatic rings. The maximum Gasteiger partial charge on any atom is 0.335 e. The first-order chi connectivity index (χ1) is 9.77. The average molecular weight is 380 g/mol. The molecule has 21 heavy (non-hydrogen) atoms. The molecule has 0 saturated carbocycles. The number of aliphatic hydroxyl groups excluding tert-OH is 1. The van der Waals surface area contributed by atoms with Crippen LogP contribution in [-0.4, -0.2) is 37.8 Å². The number of aromatic carboxylic acids is 1. The van der Waals surface area contributed by atoms with E-state index >= 15 is 0 Å². The summed E-state index contributed by atoms with van der Waals surface area (Å²) >= 11 is 3.08. The van der Waals surface area contributed by atoms with Gasteiger partial charge in [0.25, 0.3) is 0 Å². The van der Waals surface area contributed by atoms with E-state index in [2.05, 4.69) is 20.7 Å². The molecule has 1 atom stereocenters. The van der Waals surface area contributed by atoms with Crippen LogP contribution in [0.4, 0.5) is 0 Å². The van der Waals surface area contributed by atoms with Gasteiger partial charge >= 0.3 is 5.97 Å². The van der Waals surface area contributed by atoms with Crippen LogP contribution in [0.15, 0.2) is 27.6 Å². The van der Waals surface area contributed by atoms with Crippen molar-refractivity contribution < 1.29 is 23.4 Å². The van der Waals surface area contributed by atoms with Gasteiger partial charge in [0.05, 0.1) is 10.5 Å². The smallest absolute Gasteiger partial charge is 0.335 e. The molecule has 0 amide bonds. The Hall–Kier alpha value is -0.960.